The maximum atomic E-state index is 14.0. The molecule has 0 saturated carbocycles. The Labute approximate surface area is 110 Å². The summed E-state index contributed by atoms with van der Waals surface area (Å²) in [6, 6.07) is 1.98. The van der Waals surface area contributed by atoms with E-state index < -0.39 is 17.7 Å². The third-order valence-corrected chi connectivity index (χ3v) is 2.88. The molecule has 0 radical (unpaired) electrons. The van der Waals surface area contributed by atoms with Crippen LogP contribution in [0.5, 0.6) is 0 Å². The van der Waals surface area contributed by atoms with E-state index in [4.69, 9.17) is 0 Å². The third-order valence-electron chi connectivity index (χ3n) is 2.88. The highest BCUT2D eigenvalue weighted by atomic mass is 19.1. The molecule has 3 nitrogen and oxygen atoms in total. The Morgan fingerprint density at radius 3 is 2.63 bits per heavy atom. The van der Waals surface area contributed by atoms with Crippen LogP contribution in [0, 0.1) is 18.6 Å². The number of nitrogens with one attached hydrogen (secondary N) is 1. The van der Waals surface area contributed by atoms with Crippen molar-refractivity contribution in [2.75, 3.05) is 6.54 Å². The molecule has 0 aliphatic carbocycles. The average Bonchev–Trinajstić information content (AvgIpc) is 2.42. The Kier molecular flexibility index (Phi) is 4.16. The van der Waals surface area contributed by atoms with Crippen LogP contribution < -0.4 is 5.32 Å². The zero-order chi connectivity index (χ0) is 13.8. The summed E-state index contributed by atoms with van der Waals surface area (Å²) < 4.78 is 27.3. The van der Waals surface area contributed by atoms with Crippen molar-refractivity contribution in [3.05, 3.63) is 59.2 Å². The van der Waals surface area contributed by atoms with Crippen LogP contribution >= 0.6 is 0 Å². The molecule has 0 aliphatic heterocycles. The molecule has 1 unspecified atom stereocenters. The summed E-state index contributed by atoms with van der Waals surface area (Å²) in [7, 11) is 0. The molecule has 100 valence electrons. The van der Waals surface area contributed by atoms with E-state index in [1.807, 2.05) is 6.92 Å². The summed E-state index contributed by atoms with van der Waals surface area (Å²) in [6.07, 6.45) is 4.68. The fourth-order valence-corrected chi connectivity index (χ4v) is 1.94. The first-order valence-electron chi connectivity index (χ1n) is 6.08. The fourth-order valence-electron chi connectivity index (χ4n) is 1.94. The van der Waals surface area contributed by atoms with Gasteiger partial charge in [0.05, 0.1) is 17.9 Å². The van der Waals surface area contributed by atoms with Gasteiger partial charge in [0.2, 0.25) is 0 Å². The van der Waals surface area contributed by atoms with Gasteiger partial charge >= 0.3 is 0 Å². The molecule has 0 bridgehead atoms. The van der Waals surface area contributed by atoms with Crippen LogP contribution in [0.4, 0.5) is 8.78 Å². The molecular weight excluding hydrogens is 248 g/mol. The summed E-state index contributed by atoms with van der Waals surface area (Å²) in [5, 5.41) is 3.14. The van der Waals surface area contributed by atoms with Crippen LogP contribution in [-0.4, -0.2) is 16.5 Å². The van der Waals surface area contributed by atoms with E-state index in [9.17, 15) is 8.78 Å². The lowest BCUT2D eigenvalue weighted by Gasteiger charge is -2.18. The van der Waals surface area contributed by atoms with Gasteiger partial charge in [0.25, 0.3) is 0 Å². The number of aromatic nitrogens is 2. The van der Waals surface area contributed by atoms with Gasteiger partial charge in [-0.05, 0) is 25.1 Å². The lowest BCUT2D eigenvalue weighted by molar-refractivity contribution is 0.532. The minimum atomic E-state index is -0.584. The normalized spacial score (nSPS) is 12.4. The molecule has 0 aliphatic rings. The van der Waals surface area contributed by atoms with Crippen molar-refractivity contribution >= 4 is 0 Å². The Hall–Kier alpha value is -1.88. The van der Waals surface area contributed by atoms with Gasteiger partial charge in [-0.1, -0.05) is 6.92 Å². The van der Waals surface area contributed by atoms with Crippen LogP contribution in [-0.2, 0) is 0 Å². The summed E-state index contributed by atoms with van der Waals surface area (Å²) in [5.41, 5.74) is 1.39. The highest BCUT2D eigenvalue weighted by molar-refractivity contribution is 5.32. The van der Waals surface area contributed by atoms with Gasteiger partial charge < -0.3 is 5.32 Å². The second-order valence-corrected chi connectivity index (χ2v) is 4.24. The van der Waals surface area contributed by atoms with Crippen molar-refractivity contribution in [2.24, 2.45) is 0 Å². The van der Waals surface area contributed by atoms with Gasteiger partial charge in [-0.3, -0.25) is 9.97 Å². The van der Waals surface area contributed by atoms with Crippen molar-refractivity contribution < 1.29 is 8.78 Å². The van der Waals surface area contributed by atoms with E-state index in [1.165, 1.54) is 6.07 Å². The van der Waals surface area contributed by atoms with Crippen molar-refractivity contribution in [1.29, 1.82) is 0 Å². The lowest BCUT2D eigenvalue weighted by atomic mass is 10.0. The van der Waals surface area contributed by atoms with Crippen molar-refractivity contribution in [3.63, 3.8) is 0 Å². The minimum absolute atomic E-state index is 0.376. The molecule has 1 aromatic heterocycles. The number of halogens is 2. The average molecular weight is 263 g/mol. The predicted molar refractivity (Wildman–Crippen MR) is 68.6 cm³/mol. The van der Waals surface area contributed by atoms with Crippen LogP contribution in [0.2, 0.25) is 0 Å². The molecule has 2 rings (SSSR count). The molecule has 1 aromatic carbocycles. The molecule has 0 spiro atoms. The van der Waals surface area contributed by atoms with Crippen molar-refractivity contribution in [2.45, 2.75) is 19.9 Å². The highest BCUT2D eigenvalue weighted by Crippen LogP contribution is 2.25. The zero-order valence-electron chi connectivity index (χ0n) is 10.8. The number of rotatable bonds is 4. The van der Waals surface area contributed by atoms with Gasteiger partial charge in [0.15, 0.2) is 0 Å². The van der Waals surface area contributed by atoms with Crippen molar-refractivity contribution in [1.82, 2.24) is 15.3 Å². The molecule has 0 fully saturated rings. The Balaban J connectivity index is 2.48. The van der Waals surface area contributed by atoms with Gasteiger partial charge in [-0.15, -0.1) is 0 Å². The monoisotopic (exact) mass is 263 g/mol. The van der Waals surface area contributed by atoms with Gasteiger partial charge in [0.1, 0.15) is 11.6 Å². The standard InChI is InChI=1S/C14H15F2N3/c1-3-18-14(13-8-17-4-5-19-13)10-6-9(2)11(15)7-12(10)16/h4-8,14,18H,3H2,1-2H3. The Bertz CT molecular complexity index is 558. The maximum Gasteiger partial charge on any atom is 0.131 e. The van der Waals surface area contributed by atoms with E-state index >= 15 is 0 Å². The largest absolute Gasteiger partial charge is 0.305 e. The van der Waals surface area contributed by atoms with Crippen LogP contribution in [0.3, 0.4) is 0 Å². The van der Waals surface area contributed by atoms with Gasteiger partial charge in [-0.2, -0.15) is 0 Å². The number of hydrogen-bond donors (Lipinski definition) is 1. The van der Waals surface area contributed by atoms with E-state index in [2.05, 4.69) is 15.3 Å². The molecule has 0 amide bonds. The minimum Gasteiger partial charge on any atom is -0.305 e. The highest BCUT2D eigenvalue weighted by Gasteiger charge is 2.20. The molecule has 2 aromatic rings. The van der Waals surface area contributed by atoms with E-state index in [0.717, 1.165) is 6.07 Å². The first kappa shape index (κ1) is 13.5. The number of nitrogens with zero attached hydrogens (tertiary/aromatic N) is 2. The second-order valence-electron chi connectivity index (χ2n) is 4.24. The Morgan fingerprint density at radius 2 is 2.00 bits per heavy atom. The molecule has 19 heavy (non-hydrogen) atoms. The fraction of sp³-hybridized carbons (Fsp3) is 0.286. The first-order valence-corrected chi connectivity index (χ1v) is 6.08. The summed E-state index contributed by atoms with van der Waals surface area (Å²) >= 11 is 0. The van der Waals surface area contributed by atoms with Crippen LogP contribution in [0.25, 0.3) is 0 Å². The maximum absolute atomic E-state index is 14.0. The summed E-state index contributed by atoms with van der Waals surface area (Å²) in [5.74, 6) is -1.13. The van der Waals surface area contributed by atoms with E-state index in [1.54, 1.807) is 25.5 Å². The zero-order valence-corrected chi connectivity index (χ0v) is 10.8. The topological polar surface area (TPSA) is 37.8 Å². The SMILES string of the molecule is CCNC(c1cnccn1)c1cc(C)c(F)cc1F. The van der Waals surface area contributed by atoms with Gasteiger partial charge in [-0.25, -0.2) is 8.78 Å². The predicted octanol–water partition coefficient (Wildman–Crippen LogP) is 2.76. The molecular formula is C14H15F2N3. The van der Waals surface area contributed by atoms with Crippen LogP contribution in [0.1, 0.15) is 29.8 Å². The second kappa shape index (κ2) is 5.84. The van der Waals surface area contributed by atoms with Crippen LogP contribution in [0.15, 0.2) is 30.7 Å². The molecule has 1 heterocycles. The summed E-state index contributed by atoms with van der Waals surface area (Å²) in [6.45, 7) is 4.16. The molecule has 1 N–H and O–H groups in total. The smallest absolute Gasteiger partial charge is 0.131 e. The molecule has 5 heteroatoms. The first-order chi connectivity index (χ1) is 9.13. The number of aryl methyl sites for hydroxylation is 1. The Morgan fingerprint density at radius 1 is 1.21 bits per heavy atom. The number of hydrogen-bond acceptors (Lipinski definition) is 3. The van der Waals surface area contributed by atoms with Gasteiger partial charge in [0, 0.05) is 24.0 Å². The lowest BCUT2D eigenvalue weighted by Crippen LogP contribution is -2.24. The number of benzene rings is 1. The molecule has 0 saturated heterocycles. The van der Waals surface area contributed by atoms with Crippen molar-refractivity contribution in [3.8, 4) is 0 Å². The third kappa shape index (κ3) is 2.93. The van der Waals surface area contributed by atoms with E-state index in [0.29, 0.717) is 23.4 Å². The molecule has 1 atom stereocenters. The quantitative estimate of drug-likeness (QED) is 0.921. The van der Waals surface area contributed by atoms with E-state index in [-0.39, 0.29) is 0 Å². The summed E-state index contributed by atoms with van der Waals surface area (Å²) in [4.78, 5) is 8.17.